The number of thiazole rings is 1. The van der Waals surface area contributed by atoms with Crippen LogP contribution >= 0.6 is 11.3 Å². The summed E-state index contributed by atoms with van der Waals surface area (Å²) < 4.78 is 6.14. The molecule has 0 unspecified atom stereocenters. The van der Waals surface area contributed by atoms with Crippen LogP contribution in [-0.2, 0) is 0 Å². The number of fused-ring (bicyclic) bond motifs is 1. The lowest BCUT2D eigenvalue weighted by Gasteiger charge is -1.99. The highest BCUT2D eigenvalue weighted by Crippen LogP contribution is 2.29. The molecule has 1 amide bonds. The molecule has 3 rings (SSSR count). The Kier molecular flexibility index (Phi) is 3.35. The van der Waals surface area contributed by atoms with Crippen molar-refractivity contribution in [2.24, 2.45) is 0 Å². The third kappa shape index (κ3) is 2.48. The minimum absolute atomic E-state index is 0.176. The molecule has 1 aromatic heterocycles. The summed E-state index contributed by atoms with van der Waals surface area (Å²) in [6.45, 7) is 0. The van der Waals surface area contributed by atoms with Crippen molar-refractivity contribution in [1.82, 2.24) is 4.98 Å². The van der Waals surface area contributed by atoms with Gasteiger partial charge in [0.15, 0.2) is 5.13 Å². The van der Waals surface area contributed by atoms with E-state index in [9.17, 15) is 4.79 Å². The normalized spacial score (nSPS) is 10.4. The lowest BCUT2D eigenvalue weighted by atomic mass is 10.2. The Morgan fingerprint density at radius 1 is 1.30 bits per heavy atom. The lowest BCUT2D eigenvalue weighted by Crippen LogP contribution is -2.11. The number of hydrogen-bond acceptors (Lipinski definition) is 4. The molecule has 0 saturated carbocycles. The molecule has 0 aliphatic carbocycles. The minimum Gasteiger partial charge on any atom is -0.497 e. The molecule has 0 aliphatic rings. The van der Waals surface area contributed by atoms with Crippen LogP contribution in [0.15, 0.2) is 42.5 Å². The van der Waals surface area contributed by atoms with Gasteiger partial charge in [0.05, 0.1) is 17.3 Å². The quantitative estimate of drug-likeness (QED) is 0.802. The van der Waals surface area contributed by atoms with E-state index in [1.165, 1.54) is 11.3 Å². The van der Waals surface area contributed by atoms with E-state index >= 15 is 0 Å². The maximum Gasteiger partial charge on any atom is 0.257 e. The number of benzene rings is 2. The van der Waals surface area contributed by atoms with Gasteiger partial charge < -0.3 is 4.74 Å². The maximum absolute atomic E-state index is 12.0. The third-order valence-electron chi connectivity index (χ3n) is 2.80. The summed E-state index contributed by atoms with van der Waals surface area (Å²) in [6, 6.07) is 15.3. The molecule has 0 saturated heterocycles. The van der Waals surface area contributed by atoms with Gasteiger partial charge in [-0.25, -0.2) is 4.98 Å². The zero-order valence-corrected chi connectivity index (χ0v) is 11.5. The van der Waals surface area contributed by atoms with E-state index < -0.39 is 0 Å². The second-order valence-electron chi connectivity index (χ2n) is 4.10. The number of amides is 1. The first kappa shape index (κ1) is 12.6. The largest absolute Gasteiger partial charge is 0.497 e. The number of carbonyl (C=O) groups excluding carboxylic acids is 1. The van der Waals surface area contributed by atoms with Crippen LogP contribution < -0.4 is 10.1 Å². The fourth-order valence-corrected chi connectivity index (χ4v) is 2.68. The number of methoxy groups -OCH3 is 1. The van der Waals surface area contributed by atoms with E-state index in [0.29, 0.717) is 10.7 Å². The first-order valence-electron chi connectivity index (χ1n) is 5.98. The molecule has 0 bridgehead atoms. The van der Waals surface area contributed by atoms with Crippen LogP contribution in [0.2, 0.25) is 0 Å². The fourth-order valence-electron chi connectivity index (χ4n) is 1.79. The molecule has 99 valence electrons. The predicted octanol–water partition coefficient (Wildman–Crippen LogP) is 3.36. The van der Waals surface area contributed by atoms with Crippen molar-refractivity contribution in [3.8, 4) is 5.75 Å². The fraction of sp³-hybridized carbons (Fsp3) is 0.0667. The van der Waals surface area contributed by atoms with E-state index in [4.69, 9.17) is 4.74 Å². The molecule has 0 spiro atoms. The van der Waals surface area contributed by atoms with Gasteiger partial charge in [0.25, 0.3) is 5.91 Å². The first-order valence-corrected chi connectivity index (χ1v) is 6.80. The molecular formula is C15H11N2O2S. The van der Waals surface area contributed by atoms with Gasteiger partial charge in [-0.1, -0.05) is 23.5 Å². The Hall–Kier alpha value is -2.40. The average molecular weight is 283 g/mol. The SMILES string of the molecule is COc1ccc2nc(NC(=O)c3cc[c]cc3)sc2c1. The number of hydrogen-bond donors (Lipinski definition) is 1. The second-order valence-corrected chi connectivity index (χ2v) is 5.13. The van der Waals surface area contributed by atoms with Crippen molar-refractivity contribution in [1.29, 1.82) is 0 Å². The third-order valence-corrected chi connectivity index (χ3v) is 3.73. The van der Waals surface area contributed by atoms with Crippen molar-refractivity contribution < 1.29 is 9.53 Å². The number of aromatic nitrogens is 1. The zero-order chi connectivity index (χ0) is 13.9. The summed E-state index contributed by atoms with van der Waals surface area (Å²) in [6.07, 6.45) is 0. The standard InChI is InChI=1S/C15H11N2O2S/c1-19-11-7-8-12-13(9-11)20-15(16-12)17-14(18)10-5-3-2-4-6-10/h3-9H,1H3,(H,16,17,18). The number of nitrogens with one attached hydrogen (secondary N) is 1. The molecule has 1 N–H and O–H groups in total. The molecule has 4 nitrogen and oxygen atoms in total. The summed E-state index contributed by atoms with van der Waals surface area (Å²) in [5.41, 5.74) is 1.42. The summed E-state index contributed by atoms with van der Waals surface area (Å²) in [7, 11) is 1.62. The Morgan fingerprint density at radius 2 is 2.10 bits per heavy atom. The second kappa shape index (κ2) is 5.30. The van der Waals surface area contributed by atoms with Crippen LogP contribution in [0.1, 0.15) is 10.4 Å². The highest BCUT2D eigenvalue weighted by molar-refractivity contribution is 7.22. The molecule has 0 aliphatic heterocycles. The van der Waals surface area contributed by atoms with Gasteiger partial charge >= 0.3 is 0 Å². The van der Waals surface area contributed by atoms with Gasteiger partial charge in [0.1, 0.15) is 5.75 Å². The Labute approximate surface area is 120 Å². The van der Waals surface area contributed by atoms with Gasteiger partial charge in [-0.05, 0) is 36.4 Å². The monoisotopic (exact) mass is 283 g/mol. The molecule has 0 fully saturated rings. The van der Waals surface area contributed by atoms with Crippen LogP contribution in [0.4, 0.5) is 5.13 Å². The molecule has 20 heavy (non-hydrogen) atoms. The van der Waals surface area contributed by atoms with Crippen molar-refractivity contribution in [2.45, 2.75) is 0 Å². The van der Waals surface area contributed by atoms with Crippen LogP contribution in [0.3, 0.4) is 0 Å². The summed E-state index contributed by atoms with van der Waals surface area (Å²) in [5, 5.41) is 3.37. The van der Waals surface area contributed by atoms with Crippen LogP contribution in [0, 0.1) is 6.07 Å². The van der Waals surface area contributed by atoms with E-state index in [-0.39, 0.29) is 5.91 Å². The topological polar surface area (TPSA) is 51.2 Å². The molecule has 2 aromatic carbocycles. The number of anilines is 1. The minimum atomic E-state index is -0.176. The number of ether oxygens (including phenoxy) is 1. The van der Waals surface area contributed by atoms with Crippen LogP contribution in [0.5, 0.6) is 5.75 Å². The number of rotatable bonds is 3. The molecule has 1 heterocycles. The summed E-state index contributed by atoms with van der Waals surface area (Å²) >= 11 is 1.42. The summed E-state index contributed by atoms with van der Waals surface area (Å²) in [5.74, 6) is 0.600. The zero-order valence-electron chi connectivity index (χ0n) is 10.7. The van der Waals surface area contributed by atoms with Crippen molar-refractivity contribution in [3.63, 3.8) is 0 Å². The molecular weight excluding hydrogens is 272 g/mol. The smallest absolute Gasteiger partial charge is 0.257 e. The van der Waals surface area contributed by atoms with E-state index in [1.54, 1.807) is 31.4 Å². The highest BCUT2D eigenvalue weighted by Gasteiger charge is 2.09. The Bertz CT molecular complexity index is 753. The van der Waals surface area contributed by atoms with Gasteiger partial charge in [-0.3, -0.25) is 10.1 Å². The lowest BCUT2D eigenvalue weighted by molar-refractivity contribution is 0.102. The van der Waals surface area contributed by atoms with Gasteiger partial charge in [-0.15, -0.1) is 0 Å². The number of carbonyl (C=O) groups is 1. The van der Waals surface area contributed by atoms with Crippen LogP contribution in [0.25, 0.3) is 10.2 Å². The maximum atomic E-state index is 12.0. The highest BCUT2D eigenvalue weighted by atomic mass is 32.1. The molecule has 5 heteroatoms. The van der Waals surface area contributed by atoms with Gasteiger partial charge in [-0.2, -0.15) is 0 Å². The van der Waals surface area contributed by atoms with E-state index in [2.05, 4.69) is 16.4 Å². The van der Waals surface area contributed by atoms with Gasteiger partial charge in [0.2, 0.25) is 0 Å². The van der Waals surface area contributed by atoms with Gasteiger partial charge in [0, 0.05) is 5.56 Å². The Balaban J connectivity index is 1.86. The number of nitrogens with zero attached hydrogens (tertiary/aromatic N) is 1. The van der Waals surface area contributed by atoms with Crippen molar-refractivity contribution in [2.75, 3.05) is 12.4 Å². The van der Waals surface area contributed by atoms with Crippen molar-refractivity contribution in [3.05, 3.63) is 54.1 Å². The van der Waals surface area contributed by atoms with E-state index in [0.717, 1.165) is 16.0 Å². The molecule has 1 radical (unpaired) electrons. The Morgan fingerprint density at radius 3 is 2.85 bits per heavy atom. The predicted molar refractivity (Wildman–Crippen MR) is 79.4 cm³/mol. The molecule has 0 atom stereocenters. The summed E-state index contributed by atoms with van der Waals surface area (Å²) in [4.78, 5) is 16.4. The van der Waals surface area contributed by atoms with E-state index in [1.807, 2.05) is 18.2 Å². The van der Waals surface area contributed by atoms with Crippen molar-refractivity contribution >= 4 is 32.6 Å². The molecule has 3 aromatic rings. The first-order chi connectivity index (χ1) is 9.76. The average Bonchev–Trinajstić information content (AvgIpc) is 2.89. The van der Waals surface area contributed by atoms with Crippen LogP contribution in [-0.4, -0.2) is 18.0 Å².